The molecule has 0 N–H and O–H groups in total. The van der Waals surface area contributed by atoms with E-state index in [4.69, 9.17) is 4.74 Å². The van der Waals surface area contributed by atoms with Gasteiger partial charge in [0, 0.05) is 11.9 Å². The summed E-state index contributed by atoms with van der Waals surface area (Å²) in [4.78, 5) is 11.7. The van der Waals surface area contributed by atoms with E-state index in [0.29, 0.717) is 0 Å². The zero-order chi connectivity index (χ0) is 13.8. The first-order valence-electron chi connectivity index (χ1n) is 6.48. The lowest BCUT2D eigenvalue weighted by Crippen LogP contribution is -2.17. The van der Waals surface area contributed by atoms with Gasteiger partial charge in [0.1, 0.15) is 6.54 Å². The molecule has 100 valence electrons. The lowest BCUT2D eigenvalue weighted by molar-refractivity contribution is -0.148. The molecule has 0 fully saturated rings. The van der Waals surface area contributed by atoms with Gasteiger partial charge < -0.3 is 9.30 Å². The molecule has 0 saturated heterocycles. The van der Waals surface area contributed by atoms with Crippen LogP contribution in [0.2, 0.25) is 0 Å². The molecule has 0 aliphatic rings. The Morgan fingerprint density at radius 1 is 1.21 bits per heavy atom. The Bertz CT molecular complexity index is 555. The summed E-state index contributed by atoms with van der Waals surface area (Å²) in [6.45, 7) is 5.97. The maximum absolute atomic E-state index is 11.7. The molecule has 1 aromatic heterocycles. The molecule has 0 radical (unpaired) electrons. The topological polar surface area (TPSA) is 31.2 Å². The Balaban J connectivity index is 2.16. The molecule has 19 heavy (non-hydrogen) atoms. The van der Waals surface area contributed by atoms with Crippen LogP contribution in [0.1, 0.15) is 19.5 Å². The average Bonchev–Trinajstić information content (AvgIpc) is 2.71. The zero-order valence-electron chi connectivity index (χ0n) is 11.6. The van der Waals surface area contributed by atoms with Crippen molar-refractivity contribution in [1.29, 1.82) is 0 Å². The van der Waals surface area contributed by atoms with Crippen molar-refractivity contribution in [3.63, 3.8) is 0 Å². The second-order valence-electron chi connectivity index (χ2n) is 4.90. The first-order valence-corrected chi connectivity index (χ1v) is 6.48. The summed E-state index contributed by atoms with van der Waals surface area (Å²) in [6, 6.07) is 12.2. The minimum Gasteiger partial charge on any atom is -0.462 e. The van der Waals surface area contributed by atoms with E-state index in [1.54, 1.807) is 0 Å². The highest BCUT2D eigenvalue weighted by Crippen LogP contribution is 2.21. The molecule has 0 saturated carbocycles. The molecular formula is C16H19NO2. The number of aryl methyl sites for hydroxylation is 1. The Morgan fingerprint density at radius 2 is 1.89 bits per heavy atom. The number of hydrogen-bond donors (Lipinski definition) is 0. The third-order valence-electron chi connectivity index (χ3n) is 2.89. The number of aromatic nitrogens is 1. The van der Waals surface area contributed by atoms with Crippen molar-refractivity contribution in [2.75, 3.05) is 0 Å². The molecule has 0 amide bonds. The van der Waals surface area contributed by atoms with Crippen molar-refractivity contribution in [3.8, 4) is 11.1 Å². The van der Waals surface area contributed by atoms with Crippen LogP contribution in [0.4, 0.5) is 0 Å². The molecule has 0 atom stereocenters. The summed E-state index contributed by atoms with van der Waals surface area (Å²) in [7, 11) is 0. The molecule has 3 nitrogen and oxygen atoms in total. The maximum atomic E-state index is 11.7. The van der Waals surface area contributed by atoms with Crippen molar-refractivity contribution in [2.45, 2.75) is 33.4 Å². The van der Waals surface area contributed by atoms with E-state index in [0.717, 1.165) is 16.8 Å². The second kappa shape index (κ2) is 5.74. The fraction of sp³-hybridized carbons (Fsp3) is 0.312. The lowest BCUT2D eigenvalue weighted by Gasteiger charge is -2.09. The van der Waals surface area contributed by atoms with Crippen molar-refractivity contribution in [3.05, 3.63) is 48.3 Å². The van der Waals surface area contributed by atoms with Crippen LogP contribution in [0.15, 0.2) is 42.6 Å². The fourth-order valence-electron chi connectivity index (χ4n) is 2.01. The van der Waals surface area contributed by atoms with Gasteiger partial charge in [0.25, 0.3) is 0 Å². The predicted molar refractivity (Wildman–Crippen MR) is 75.8 cm³/mol. The van der Waals surface area contributed by atoms with Gasteiger partial charge >= 0.3 is 5.97 Å². The molecule has 2 aromatic rings. The van der Waals surface area contributed by atoms with Gasteiger partial charge in [-0.25, -0.2) is 0 Å². The molecule has 0 unspecified atom stereocenters. The highest BCUT2D eigenvalue weighted by molar-refractivity contribution is 5.70. The molecule has 2 rings (SSSR count). The number of esters is 1. The molecule has 1 heterocycles. The summed E-state index contributed by atoms with van der Waals surface area (Å²) >= 11 is 0. The van der Waals surface area contributed by atoms with Gasteiger partial charge in [-0.2, -0.15) is 0 Å². The number of carbonyl (C=O) groups excluding carboxylic acids is 1. The van der Waals surface area contributed by atoms with Crippen LogP contribution in [-0.4, -0.2) is 16.6 Å². The summed E-state index contributed by atoms with van der Waals surface area (Å²) in [5.41, 5.74) is 3.33. The molecular weight excluding hydrogens is 238 g/mol. The largest absolute Gasteiger partial charge is 0.462 e. The standard InChI is InChI=1S/C16H19NO2/c1-12(2)19-16(18)11-17-10-15(9-13(17)3)14-7-5-4-6-8-14/h4-10,12H,11H2,1-3H3. The van der Waals surface area contributed by atoms with Crippen LogP contribution in [0.3, 0.4) is 0 Å². The van der Waals surface area contributed by atoms with Gasteiger partial charge in [0.15, 0.2) is 0 Å². The van der Waals surface area contributed by atoms with Crippen LogP contribution in [-0.2, 0) is 16.1 Å². The molecule has 0 aliphatic heterocycles. The minimum absolute atomic E-state index is 0.0723. The third kappa shape index (κ3) is 3.47. The number of carbonyl (C=O) groups is 1. The van der Waals surface area contributed by atoms with Gasteiger partial charge in [-0.1, -0.05) is 30.3 Å². The highest BCUT2D eigenvalue weighted by atomic mass is 16.5. The Hall–Kier alpha value is -2.03. The van der Waals surface area contributed by atoms with Gasteiger partial charge in [0.2, 0.25) is 0 Å². The average molecular weight is 257 g/mol. The van der Waals surface area contributed by atoms with Gasteiger partial charge in [-0.3, -0.25) is 4.79 Å². The predicted octanol–water partition coefficient (Wildman–Crippen LogP) is 3.42. The molecule has 0 bridgehead atoms. The quantitative estimate of drug-likeness (QED) is 0.786. The Kier molecular flexibility index (Phi) is 4.05. The van der Waals surface area contributed by atoms with E-state index in [1.165, 1.54) is 0 Å². The van der Waals surface area contributed by atoms with E-state index < -0.39 is 0 Å². The smallest absolute Gasteiger partial charge is 0.326 e. The van der Waals surface area contributed by atoms with Crippen molar-refractivity contribution in [1.82, 2.24) is 4.57 Å². The van der Waals surface area contributed by atoms with E-state index in [-0.39, 0.29) is 18.6 Å². The maximum Gasteiger partial charge on any atom is 0.326 e. The van der Waals surface area contributed by atoms with Crippen LogP contribution in [0.25, 0.3) is 11.1 Å². The van der Waals surface area contributed by atoms with Crippen molar-refractivity contribution in [2.24, 2.45) is 0 Å². The number of hydrogen-bond acceptors (Lipinski definition) is 2. The first kappa shape index (κ1) is 13.4. The number of benzene rings is 1. The molecule has 3 heteroatoms. The van der Waals surface area contributed by atoms with Crippen molar-refractivity contribution >= 4 is 5.97 Å². The Morgan fingerprint density at radius 3 is 2.53 bits per heavy atom. The summed E-state index contributed by atoms with van der Waals surface area (Å²) < 4.78 is 7.09. The summed E-state index contributed by atoms with van der Waals surface area (Å²) in [5, 5.41) is 0. The lowest BCUT2D eigenvalue weighted by atomic mass is 10.1. The second-order valence-corrected chi connectivity index (χ2v) is 4.90. The van der Waals surface area contributed by atoms with Crippen LogP contribution >= 0.6 is 0 Å². The van der Waals surface area contributed by atoms with E-state index >= 15 is 0 Å². The van der Waals surface area contributed by atoms with E-state index in [9.17, 15) is 4.79 Å². The fourth-order valence-corrected chi connectivity index (χ4v) is 2.01. The number of rotatable bonds is 4. The van der Waals surface area contributed by atoms with Gasteiger partial charge in [-0.05, 0) is 38.0 Å². The van der Waals surface area contributed by atoms with E-state index in [2.05, 4.69) is 18.2 Å². The van der Waals surface area contributed by atoms with E-state index in [1.807, 2.05) is 49.7 Å². The van der Waals surface area contributed by atoms with Gasteiger partial charge in [-0.15, -0.1) is 0 Å². The van der Waals surface area contributed by atoms with Crippen LogP contribution in [0.5, 0.6) is 0 Å². The number of ether oxygens (including phenoxy) is 1. The molecule has 0 spiro atoms. The SMILES string of the molecule is Cc1cc(-c2ccccc2)cn1CC(=O)OC(C)C. The van der Waals surface area contributed by atoms with Crippen molar-refractivity contribution < 1.29 is 9.53 Å². The third-order valence-corrected chi connectivity index (χ3v) is 2.89. The first-order chi connectivity index (χ1) is 9.06. The Labute approximate surface area is 113 Å². The van der Waals surface area contributed by atoms with Crippen LogP contribution < -0.4 is 0 Å². The summed E-state index contributed by atoms with van der Waals surface area (Å²) in [5.74, 6) is -0.201. The normalized spacial score (nSPS) is 10.7. The zero-order valence-corrected chi connectivity index (χ0v) is 11.6. The van der Waals surface area contributed by atoms with Gasteiger partial charge in [0.05, 0.1) is 6.10 Å². The molecule has 1 aromatic carbocycles. The highest BCUT2D eigenvalue weighted by Gasteiger charge is 2.10. The monoisotopic (exact) mass is 257 g/mol. The van der Waals surface area contributed by atoms with Crippen LogP contribution in [0, 0.1) is 6.92 Å². The summed E-state index contributed by atoms with van der Waals surface area (Å²) in [6.07, 6.45) is 1.92. The minimum atomic E-state index is -0.201. The molecule has 0 aliphatic carbocycles. The number of nitrogens with zero attached hydrogens (tertiary/aromatic N) is 1.